The monoisotopic (exact) mass is 225 g/mol. The first-order valence-electron chi connectivity index (χ1n) is 4.52. The van der Waals surface area contributed by atoms with Gasteiger partial charge >= 0.3 is 0 Å². The van der Waals surface area contributed by atoms with Gasteiger partial charge in [0.05, 0.1) is 5.75 Å². The summed E-state index contributed by atoms with van der Waals surface area (Å²) in [5, 5.41) is 0.518. The first-order valence-corrected chi connectivity index (χ1v) is 7.46. The summed E-state index contributed by atoms with van der Waals surface area (Å²) in [6.07, 6.45) is 3.60. The first kappa shape index (κ1) is 13.3. The van der Waals surface area contributed by atoms with Crippen LogP contribution in [0.3, 0.4) is 0 Å². The van der Waals surface area contributed by atoms with Gasteiger partial charge in [0.2, 0.25) is 10.0 Å². The van der Waals surface area contributed by atoms with Crippen molar-refractivity contribution in [3.63, 3.8) is 0 Å². The molecule has 0 spiro atoms. The highest BCUT2D eigenvalue weighted by atomic mass is 32.2. The summed E-state index contributed by atoms with van der Waals surface area (Å²) in [7, 11) is -2.99. The van der Waals surface area contributed by atoms with Crippen molar-refractivity contribution in [3.8, 4) is 0 Å². The molecular weight excluding hydrogens is 206 g/mol. The quantitative estimate of drug-likeness (QED) is 0.713. The fourth-order valence-electron chi connectivity index (χ4n) is 0.876. The summed E-state index contributed by atoms with van der Waals surface area (Å²) in [6.45, 7) is 4.52. The molecule has 1 N–H and O–H groups in total. The Hall–Kier alpha value is 0.260. The van der Waals surface area contributed by atoms with Crippen LogP contribution in [0, 0.1) is 0 Å². The van der Waals surface area contributed by atoms with Gasteiger partial charge in [0, 0.05) is 11.8 Å². The predicted octanol–water partition coefficient (Wildman–Crippen LogP) is 1.46. The van der Waals surface area contributed by atoms with Crippen LogP contribution in [0.25, 0.3) is 0 Å². The molecule has 80 valence electrons. The molecule has 0 bridgehead atoms. The second-order valence-corrected chi connectivity index (χ2v) is 6.25. The Morgan fingerprint density at radius 1 is 1.46 bits per heavy atom. The molecule has 0 aromatic carbocycles. The van der Waals surface area contributed by atoms with E-state index in [-0.39, 0.29) is 5.75 Å². The lowest BCUT2D eigenvalue weighted by Crippen LogP contribution is -2.28. The predicted molar refractivity (Wildman–Crippen MR) is 59.7 cm³/mol. The number of nitrogens with one attached hydrogen (secondary N) is 1. The van der Waals surface area contributed by atoms with Crippen molar-refractivity contribution >= 4 is 21.8 Å². The van der Waals surface area contributed by atoms with Gasteiger partial charge in [0.25, 0.3) is 0 Å². The second kappa shape index (κ2) is 6.68. The zero-order valence-electron chi connectivity index (χ0n) is 8.54. The van der Waals surface area contributed by atoms with Gasteiger partial charge in [0.15, 0.2) is 0 Å². The van der Waals surface area contributed by atoms with Crippen molar-refractivity contribution in [2.45, 2.75) is 31.9 Å². The molecule has 0 heterocycles. The van der Waals surface area contributed by atoms with E-state index in [0.717, 1.165) is 6.42 Å². The lowest BCUT2D eigenvalue weighted by molar-refractivity contribution is 0.577. The number of hydrogen-bond donors (Lipinski definition) is 1. The number of rotatable bonds is 7. The Balaban J connectivity index is 3.64. The van der Waals surface area contributed by atoms with Crippen molar-refractivity contribution < 1.29 is 8.42 Å². The number of sulfonamides is 1. The summed E-state index contributed by atoms with van der Waals surface area (Å²) >= 11 is 1.75. The molecule has 0 amide bonds. The molecule has 0 fully saturated rings. The topological polar surface area (TPSA) is 46.2 Å². The molecule has 3 nitrogen and oxygen atoms in total. The van der Waals surface area contributed by atoms with Crippen molar-refractivity contribution in [1.29, 1.82) is 0 Å². The summed E-state index contributed by atoms with van der Waals surface area (Å²) < 4.78 is 24.9. The van der Waals surface area contributed by atoms with Crippen molar-refractivity contribution in [2.75, 3.05) is 18.6 Å². The fourth-order valence-corrected chi connectivity index (χ4v) is 2.34. The highest BCUT2D eigenvalue weighted by Crippen LogP contribution is 2.08. The molecular formula is C8H19NO2S2. The van der Waals surface area contributed by atoms with Gasteiger partial charge in [-0.1, -0.05) is 13.8 Å². The lowest BCUT2D eigenvalue weighted by atomic mass is 10.3. The maximum Gasteiger partial charge on any atom is 0.211 e. The third-order valence-corrected chi connectivity index (χ3v) is 4.38. The van der Waals surface area contributed by atoms with Gasteiger partial charge in [-0.25, -0.2) is 13.1 Å². The molecule has 5 heteroatoms. The van der Waals surface area contributed by atoms with Crippen LogP contribution in [0.1, 0.15) is 26.7 Å². The maximum atomic E-state index is 11.2. The van der Waals surface area contributed by atoms with Gasteiger partial charge in [-0.3, -0.25) is 0 Å². The third-order valence-electron chi connectivity index (χ3n) is 1.75. The van der Waals surface area contributed by atoms with Gasteiger partial charge in [-0.2, -0.15) is 11.8 Å². The molecule has 0 saturated carbocycles. The maximum absolute atomic E-state index is 11.2. The van der Waals surface area contributed by atoms with E-state index in [1.807, 2.05) is 13.2 Å². The van der Waals surface area contributed by atoms with Gasteiger partial charge < -0.3 is 0 Å². The van der Waals surface area contributed by atoms with Crippen LogP contribution in [0.5, 0.6) is 0 Å². The third kappa shape index (κ3) is 7.34. The van der Waals surface area contributed by atoms with Crippen molar-refractivity contribution in [1.82, 2.24) is 4.72 Å². The summed E-state index contributed by atoms with van der Waals surface area (Å²) in [5.74, 6) is 0.237. The van der Waals surface area contributed by atoms with Crippen LogP contribution >= 0.6 is 11.8 Å². The Kier molecular flexibility index (Phi) is 6.81. The van der Waals surface area contributed by atoms with Crippen molar-refractivity contribution in [3.05, 3.63) is 0 Å². The van der Waals surface area contributed by atoms with Gasteiger partial charge in [0.1, 0.15) is 0 Å². The lowest BCUT2D eigenvalue weighted by Gasteiger charge is -2.08. The second-order valence-electron chi connectivity index (χ2n) is 3.05. The average molecular weight is 225 g/mol. The molecule has 0 radical (unpaired) electrons. The van der Waals surface area contributed by atoms with E-state index in [1.54, 1.807) is 11.8 Å². The SMILES string of the molecule is CCCS(=O)(=O)NCCC(C)SC. The molecule has 0 rings (SSSR count). The van der Waals surface area contributed by atoms with E-state index >= 15 is 0 Å². The Morgan fingerprint density at radius 3 is 2.54 bits per heavy atom. The summed E-state index contributed by atoms with van der Waals surface area (Å²) in [4.78, 5) is 0. The smallest absolute Gasteiger partial charge is 0.211 e. The van der Waals surface area contributed by atoms with Crippen LogP contribution < -0.4 is 4.72 Å². The normalized spacial score (nSPS) is 14.4. The number of thioether (sulfide) groups is 1. The fraction of sp³-hybridized carbons (Fsp3) is 1.00. The van der Waals surface area contributed by atoms with Gasteiger partial charge in [-0.15, -0.1) is 0 Å². The largest absolute Gasteiger partial charge is 0.215 e. The average Bonchev–Trinajstić information content (AvgIpc) is 2.03. The molecule has 1 atom stereocenters. The van der Waals surface area contributed by atoms with E-state index in [4.69, 9.17) is 0 Å². The molecule has 0 aliphatic rings. The summed E-state index contributed by atoms with van der Waals surface area (Å²) in [6, 6.07) is 0. The Labute approximate surface area is 85.7 Å². The minimum absolute atomic E-state index is 0.237. The van der Waals surface area contributed by atoms with E-state index in [1.165, 1.54) is 0 Å². The van der Waals surface area contributed by atoms with Crippen LogP contribution in [-0.4, -0.2) is 32.2 Å². The standard InChI is InChI=1S/C8H19NO2S2/c1-4-7-13(10,11)9-6-5-8(2)12-3/h8-9H,4-7H2,1-3H3. The zero-order valence-corrected chi connectivity index (χ0v) is 10.2. The minimum atomic E-state index is -2.99. The first-order chi connectivity index (χ1) is 6.02. The molecule has 1 unspecified atom stereocenters. The highest BCUT2D eigenvalue weighted by molar-refractivity contribution is 7.99. The van der Waals surface area contributed by atoms with E-state index < -0.39 is 10.0 Å². The van der Waals surface area contributed by atoms with Crippen LogP contribution in [0.4, 0.5) is 0 Å². The molecule has 0 saturated heterocycles. The Morgan fingerprint density at radius 2 is 2.08 bits per heavy atom. The molecule has 0 aliphatic heterocycles. The van der Waals surface area contributed by atoms with E-state index in [9.17, 15) is 8.42 Å². The van der Waals surface area contributed by atoms with E-state index in [0.29, 0.717) is 18.2 Å². The summed E-state index contributed by atoms with van der Waals surface area (Å²) in [5.41, 5.74) is 0. The van der Waals surface area contributed by atoms with Crippen LogP contribution in [0.15, 0.2) is 0 Å². The molecule has 0 aromatic rings. The number of hydrogen-bond acceptors (Lipinski definition) is 3. The zero-order chi connectivity index (χ0) is 10.3. The Bertz CT molecular complexity index is 214. The molecule has 0 aromatic heterocycles. The van der Waals surface area contributed by atoms with Gasteiger partial charge in [-0.05, 0) is 19.1 Å². The van der Waals surface area contributed by atoms with Crippen LogP contribution in [0.2, 0.25) is 0 Å². The molecule has 13 heavy (non-hydrogen) atoms. The van der Waals surface area contributed by atoms with E-state index in [2.05, 4.69) is 11.6 Å². The van der Waals surface area contributed by atoms with Crippen molar-refractivity contribution in [2.24, 2.45) is 0 Å². The molecule has 0 aliphatic carbocycles. The highest BCUT2D eigenvalue weighted by Gasteiger charge is 2.08. The van der Waals surface area contributed by atoms with Crippen LogP contribution in [-0.2, 0) is 10.0 Å². The minimum Gasteiger partial charge on any atom is -0.215 e.